The predicted molar refractivity (Wildman–Crippen MR) is 90.4 cm³/mol. The fourth-order valence-corrected chi connectivity index (χ4v) is 2.78. The minimum absolute atomic E-state index is 0.144. The summed E-state index contributed by atoms with van der Waals surface area (Å²) in [5, 5.41) is 27.7. The first-order valence-corrected chi connectivity index (χ1v) is 7.43. The molecule has 0 aliphatic heterocycles. The minimum atomic E-state index is -0.144. The van der Waals surface area contributed by atoms with E-state index in [1.807, 2.05) is 44.2 Å². The van der Waals surface area contributed by atoms with Crippen molar-refractivity contribution in [2.24, 2.45) is 0 Å². The highest BCUT2D eigenvalue weighted by molar-refractivity contribution is 5.95. The van der Waals surface area contributed by atoms with Crippen LogP contribution >= 0.6 is 0 Å². The van der Waals surface area contributed by atoms with E-state index in [1.54, 1.807) is 0 Å². The number of fused-ring (bicyclic) bond motifs is 1. The van der Waals surface area contributed by atoms with Gasteiger partial charge in [-0.25, -0.2) is 0 Å². The third-order valence-corrected chi connectivity index (χ3v) is 4.08. The zero-order chi connectivity index (χ0) is 17.1. The molecule has 0 atom stereocenters. The Bertz CT molecular complexity index is 880. The number of aryl methyl sites for hydroxylation is 2. The lowest BCUT2D eigenvalue weighted by atomic mass is 9.96. The van der Waals surface area contributed by atoms with Crippen molar-refractivity contribution in [3.8, 4) is 29.3 Å². The second kappa shape index (κ2) is 6.35. The summed E-state index contributed by atoms with van der Waals surface area (Å²) in [7, 11) is 0. The molecule has 0 radical (unpaired) electrons. The van der Waals surface area contributed by atoms with Gasteiger partial charge in [-0.3, -0.25) is 0 Å². The topological polar surface area (TPSA) is 71.4 Å². The molecule has 0 spiro atoms. The van der Waals surface area contributed by atoms with Crippen molar-refractivity contribution >= 4 is 5.57 Å². The molecule has 23 heavy (non-hydrogen) atoms. The highest BCUT2D eigenvalue weighted by Gasteiger charge is 2.21. The fraction of sp³-hybridized carbons (Fsp3) is 0.250. The molecule has 0 amide bonds. The lowest BCUT2D eigenvalue weighted by Crippen LogP contribution is -1.88. The molecule has 0 aromatic carbocycles. The maximum atomic E-state index is 9.47. The van der Waals surface area contributed by atoms with Gasteiger partial charge >= 0.3 is 0 Å². The molecule has 3 nitrogen and oxygen atoms in total. The molecule has 112 valence electrons. The van der Waals surface area contributed by atoms with Crippen LogP contribution in [0.5, 0.6) is 0 Å². The Balaban J connectivity index is 2.89. The smallest absolute Gasteiger partial charge is 0.148 e. The Labute approximate surface area is 137 Å². The Hall–Kier alpha value is -3.09. The van der Waals surface area contributed by atoms with E-state index in [1.165, 1.54) is 5.56 Å². The minimum Gasteiger partial charge on any atom is -0.192 e. The van der Waals surface area contributed by atoms with Crippen LogP contribution in [-0.2, 0) is 0 Å². The van der Waals surface area contributed by atoms with Gasteiger partial charge in [0, 0.05) is 5.56 Å². The van der Waals surface area contributed by atoms with Crippen LogP contribution in [-0.4, -0.2) is 0 Å². The largest absolute Gasteiger partial charge is 0.192 e. The van der Waals surface area contributed by atoms with Gasteiger partial charge < -0.3 is 0 Å². The molecule has 0 bridgehead atoms. The first kappa shape index (κ1) is 16.3. The highest BCUT2D eigenvalue weighted by Crippen LogP contribution is 2.39. The molecule has 0 saturated heterocycles. The first-order valence-electron chi connectivity index (χ1n) is 7.43. The van der Waals surface area contributed by atoms with E-state index < -0.39 is 0 Å². The number of hydrogen-bond donors (Lipinski definition) is 0. The van der Waals surface area contributed by atoms with Crippen LogP contribution in [0.3, 0.4) is 0 Å². The van der Waals surface area contributed by atoms with Crippen LogP contribution in [0, 0.1) is 47.8 Å². The maximum Gasteiger partial charge on any atom is 0.148 e. The Morgan fingerprint density at radius 1 is 0.913 bits per heavy atom. The number of allylic oxidation sites excluding steroid dienone is 2. The number of nitrogens with zero attached hydrogens (tertiary/aromatic N) is 3. The van der Waals surface area contributed by atoms with Crippen molar-refractivity contribution in [2.75, 3.05) is 0 Å². The summed E-state index contributed by atoms with van der Waals surface area (Å²) in [5.74, 6) is 0.391. The average molecular weight is 299 g/mol. The van der Waals surface area contributed by atoms with E-state index in [0.717, 1.165) is 22.3 Å². The van der Waals surface area contributed by atoms with Crippen molar-refractivity contribution in [2.45, 2.75) is 33.6 Å². The highest BCUT2D eigenvalue weighted by atomic mass is 14.3. The Kier molecular flexibility index (Phi) is 4.49. The van der Waals surface area contributed by atoms with E-state index in [2.05, 4.69) is 26.0 Å². The number of rotatable bonds is 2. The summed E-state index contributed by atoms with van der Waals surface area (Å²) in [4.78, 5) is 0. The molecule has 3 heteroatoms. The zero-order valence-electron chi connectivity index (χ0n) is 13.7. The molecular formula is C20H17N3. The van der Waals surface area contributed by atoms with E-state index >= 15 is 0 Å². The maximum absolute atomic E-state index is 9.47. The SMILES string of the molecule is Cc1cc(C(C#N)=C(C#N)C#N)c2c(C)ccc(C(C)C)cc1-2. The number of nitriles is 3. The molecule has 0 aromatic heterocycles. The standard InChI is InChI=1S/C20H17N3/c1-12(2)15-6-5-13(3)20-17(8-15)14(4)7-18(20)19(11-23)16(9-21)10-22/h5-8,12H,1-4H3. The van der Waals surface area contributed by atoms with E-state index in [0.29, 0.717) is 11.5 Å². The summed E-state index contributed by atoms with van der Waals surface area (Å²) >= 11 is 0. The monoisotopic (exact) mass is 299 g/mol. The fourth-order valence-electron chi connectivity index (χ4n) is 2.78. The van der Waals surface area contributed by atoms with Crippen molar-refractivity contribution in [3.05, 3.63) is 52.1 Å². The van der Waals surface area contributed by atoms with E-state index in [-0.39, 0.29) is 11.1 Å². The Morgan fingerprint density at radius 2 is 1.57 bits per heavy atom. The third kappa shape index (κ3) is 2.80. The Morgan fingerprint density at radius 3 is 2.09 bits per heavy atom. The van der Waals surface area contributed by atoms with Gasteiger partial charge in [0.2, 0.25) is 0 Å². The summed E-state index contributed by atoms with van der Waals surface area (Å²) in [6.07, 6.45) is 0. The molecular weight excluding hydrogens is 282 g/mol. The van der Waals surface area contributed by atoms with Gasteiger partial charge in [-0.2, -0.15) is 15.8 Å². The molecule has 0 N–H and O–H groups in total. The number of hydrogen-bond acceptors (Lipinski definition) is 3. The summed E-state index contributed by atoms with van der Waals surface area (Å²) in [5.41, 5.74) is 5.95. The molecule has 0 unspecified atom stereocenters. The molecule has 2 aliphatic carbocycles. The van der Waals surface area contributed by atoms with Crippen molar-refractivity contribution in [1.29, 1.82) is 15.8 Å². The second-order valence-corrected chi connectivity index (χ2v) is 5.93. The van der Waals surface area contributed by atoms with Crippen molar-refractivity contribution in [3.63, 3.8) is 0 Å². The van der Waals surface area contributed by atoms with Gasteiger partial charge in [0.25, 0.3) is 0 Å². The van der Waals surface area contributed by atoms with Gasteiger partial charge in [-0.1, -0.05) is 32.0 Å². The van der Waals surface area contributed by atoms with Crippen LogP contribution in [0.4, 0.5) is 0 Å². The quantitative estimate of drug-likeness (QED) is 0.744. The summed E-state index contributed by atoms with van der Waals surface area (Å²) in [6, 6.07) is 13.9. The van der Waals surface area contributed by atoms with Crippen LogP contribution in [0.25, 0.3) is 16.7 Å². The summed E-state index contributed by atoms with van der Waals surface area (Å²) in [6.45, 7) is 8.26. The molecule has 0 aromatic rings. The average Bonchev–Trinajstić information content (AvgIpc) is 2.72. The van der Waals surface area contributed by atoms with Crippen molar-refractivity contribution in [1.82, 2.24) is 0 Å². The third-order valence-electron chi connectivity index (χ3n) is 4.08. The van der Waals surface area contributed by atoms with Crippen molar-refractivity contribution < 1.29 is 0 Å². The lowest BCUT2D eigenvalue weighted by Gasteiger charge is -2.05. The van der Waals surface area contributed by atoms with Crippen LogP contribution in [0.15, 0.2) is 29.8 Å². The van der Waals surface area contributed by atoms with Gasteiger partial charge in [0.15, 0.2) is 0 Å². The zero-order valence-corrected chi connectivity index (χ0v) is 13.7. The van der Waals surface area contributed by atoms with Crippen LogP contribution in [0.2, 0.25) is 0 Å². The van der Waals surface area contributed by atoms with E-state index in [9.17, 15) is 5.26 Å². The predicted octanol–water partition coefficient (Wildman–Crippen LogP) is 4.86. The molecule has 0 heterocycles. The van der Waals surface area contributed by atoms with Gasteiger partial charge in [-0.15, -0.1) is 0 Å². The van der Waals surface area contributed by atoms with Gasteiger partial charge in [0.1, 0.15) is 23.8 Å². The lowest BCUT2D eigenvalue weighted by molar-refractivity contribution is 0.868. The van der Waals surface area contributed by atoms with E-state index in [4.69, 9.17) is 10.5 Å². The molecule has 0 fully saturated rings. The first-order chi connectivity index (χ1) is 10.9. The van der Waals surface area contributed by atoms with Gasteiger partial charge in [0.05, 0.1) is 5.57 Å². The molecule has 2 rings (SSSR count). The van der Waals surface area contributed by atoms with Crippen LogP contribution < -0.4 is 0 Å². The van der Waals surface area contributed by atoms with Gasteiger partial charge in [-0.05, 0) is 53.6 Å². The normalized spacial score (nSPS) is 10.0. The van der Waals surface area contributed by atoms with Crippen LogP contribution in [0.1, 0.15) is 42.0 Å². The second-order valence-electron chi connectivity index (χ2n) is 5.93. The summed E-state index contributed by atoms with van der Waals surface area (Å²) < 4.78 is 0. The molecule has 0 saturated carbocycles. The molecule has 2 aliphatic rings.